The molecule has 0 amide bonds. The van der Waals surface area contributed by atoms with Crippen molar-refractivity contribution in [1.82, 2.24) is 4.31 Å². The summed E-state index contributed by atoms with van der Waals surface area (Å²) in [5, 5.41) is 0. The highest BCUT2D eigenvalue weighted by Gasteiger charge is 2.40. The minimum Gasteiger partial charge on any atom is -0.468 e. The third-order valence-electron chi connectivity index (χ3n) is 4.61. The van der Waals surface area contributed by atoms with Crippen molar-refractivity contribution in [3.63, 3.8) is 0 Å². The van der Waals surface area contributed by atoms with Crippen molar-refractivity contribution >= 4 is 16.0 Å². The predicted octanol–water partition coefficient (Wildman–Crippen LogP) is 2.59. The zero-order chi connectivity index (χ0) is 18.2. The summed E-state index contributed by atoms with van der Waals surface area (Å²) in [6.07, 6.45) is 0.312. The van der Waals surface area contributed by atoms with E-state index in [9.17, 15) is 13.2 Å². The Labute approximate surface area is 148 Å². The van der Waals surface area contributed by atoms with E-state index in [-0.39, 0.29) is 11.4 Å². The summed E-state index contributed by atoms with van der Waals surface area (Å²) in [5.74, 6) is -0.539. The fraction of sp³-hybridized carbons (Fsp3) is 0.316. The number of hydrogen-bond donors (Lipinski definition) is 0. The van der Waals surface area contributed by atoms with Gasteiger partial charge in [-0.3, -0.25) is 4.79 Å². The SMILES string of the molecule is COC(=O)[C@@H]1Cc2ccccc2CN1S(=O)(=O)c1cc(C)ccc1C. The molecule has 0 unspecified atom stereocenters. The van der Waals surface area contributed by atoms with Gasteiger partial charge in [-0.05, 0) is 42.2 Å². The number of hydrogen-bond acceptors (Lipinski definition) is 4. The third-order valence-corrected chi connectivity index (χ3v) is 6.61. The lowest BCUT2D eigenvalue weighted by atomic mass is 9.96. The summed E-state index contributed by atoms with van der Waals surface area (Å²) in [6.45, 7) is 3.77. The van der Waals surface area contributed by atoms with Crippen molar-refractivity contribution in [3.05, 3.63) is 64.7 Å². The molecule has 0 aliphatic carbocycles. The van der Waals surface area contributed by atoms with Crippen LogP contribution in [0.4, 0.5) is 0 Å². The summed E-state index contributed by atoms with van der Waals surface area (Å²) >= 11 is 0. The van der Waals surface area contributed by atoms with Gasteiger partial charge in [0.1, 0.15) is 6.04 Å². The van der Waals surface area contributed by atoms with Crippen molar-refractivity contribution in [2.45, 2.75) is 37.8 Å². The Hall–Kier alpha value is -2.18. The van der Waals surface area contributed by atoms with Gasteiger partial charge in [0.2, 0.25) is 10.0 Å². The molecule has 6 heteroatoms. The number of carbonyl (C=O) groups is 1. The number of fused-ring (bicyclic) bond motifs is 1. The summed E-state index contributed by atoms with van der Waals surface area (Å²) in [6, 6.07) is 12.0. The highest BCUT2D eigenvalue weighted by Crippen LogP contribution is 2.31. The minimum atomic E-state index is -3.83. The third kappa shape index (κ3) is 3.19. The summed E-state index contributed by atoms with van der Waals surface area (Å²) < 4.78 is 32.8. The zero-order valence-electron chi connectivity index (χ0n) is 14.5. The number of nitrogens with zero attached hydrogens (tertiary/aromatic N) is 1. The number of rotatable bonds is 3. The van der Waals surface area contributed by atoms with E-state index >= 15 is 0 Å². The van der Waals surface area contributed by atoms with Gasteiger partial charge in [-0.15, -0.1) is 0 Å². The van der Waals surface area contributed by atoms with Gasteiger partial charge >= 0.3 is 5.97 Å². The molecule has 0 N–H and O–H groups in total. The van der Waals surface area contributed by atoms with Gasteiger partial charge in [0.05, 0.1) is 12.0 Å². The summed E-state index contributed by atoms with van der Waals surface area (Å²) in [7, 11) is -2.55. The zero-order valence-corrected chi connectivity index (χ0v) is 15.3. The van der Waals surface area contributed by atoms with Crippen LogP contribution in [0.2, 0.25) is 0 Å². The van der Waals surface area contributed by atoms with Crippen molar-refractivity contribution in [2.75, 3.05) is 7.11 Å². The fourth-order valence-electron chi connectivity index (χ4n) is 3.20. The van der Waals surface area contributed by atoms with E-state index in [0.717, 1.165) is 16.7 Å². The number of aryl methyl sites for hydroxylation is 2. The molecule has 0 saturated carbocycles. The molecule has 0 radical (unpaired) electrons. The average molecular weight is 359 g/mol. The van der Waals surface area contributed by atoms with Gasteiger partial charge in [0.15, 0.2) is 0 Å². The number of sulfonamides is 1. The molecule has 2 aromatic carbocycles. The molecule has 0 aromatic heterocycles. The number of esters is 1. The van der Waals surface area contributed by atoms with Crippen LogP contribution in [0.15, 0.2) is 47.4 Å². The molecule has 0 saturated heterocycles. The lowest BCUT2D eigenvalue weighted by Crippen LogP contribution is -2.49. The van der Waals surface area contributed by atoms with E-state index in [1.54, 1.807) is 19.1 Å². The predicted molar refractivity (Wildman–Crippen MR) is 94.6 cm³/mol. The van der Waals surface area contributed by atoms with Gasteiger partial charge in [0.25, 0.3) is 0 Å². The van der Waals surface area contributed by atoms with Crippen molar-refractivity contribution < 1.29 is 17.9 Å². The second kappa shape index (κ2) is 6.61. The van der Waals surface area contributed by atoms with Crippen LogP contribution in [0.1, 0.15) is 22.3 Å². The number of benzene rings is 2. The molecule has 1 atom stereocenters. The summed E-state index contributed by atoms with van der Waals surface area (Å²) in [4.78, 5) is 12.5. The van der Waals surface area contributed by atoms with Crippen LogP contribution in [-0.2, 0) is 32.5 Å². The van der Waals surface area contributed by atoms with Crippen LogP contribution >= 0.6 is 0 Å². The average Bonchev–Trinajstić information content (AvgIpc) is 2.61. The Morgan fingerprint density at radius 2 is 1.80 bits per heavy atom. The highest BCUT2D eigenvalue weighted by molar-refractivity contribution is 7.89. The lowest BCUT2D eigenvalue weighted by Gasteiger charge is -2.34. The Kier molecular flexibility index (Phi) is 4.67. The van der Waals surface area contributed by atoms with Gasteiger partial charge in [-0.25, -0.2) is 8.42 Å². The topological polar surface area (TPSA) is 63.7 Å². The molecule has 1 heterocycles. The maximum atomic E-state index is 13.3. The first-order valence-electron chi connectivity index (χ1n) is 8.08. The monoisotopic (exact) mass is 359 g/mol. The van der Waals surface area contributed by atoms with Gasteiger partial charge in [-0.1, -0.05) is 36.4 Å². The molecule has 5 nitrogen and oxygen atoms in total. The smallest absolute Gasteiger partial charge is 0.324 e. The summed E-state index contributed by atoms with van der Waals surface area (Å²) in [5.41, 5.74) is 3.41. The Bertz CT molecular complexity index is 921. The molecule has 0 fully saturated rings. The Morgan fingerprint density at radius 3 is 2.48 bits per heavy atom. The first-order valence-corrected chi connectivity index (χ1v) is 9.52. The second-order valence-electron chi connectivity index (χ2n) is 6.33. The van der Waals surface area contributed by atoms with Crippen molar-refractivity contribution in [1.29, 1.82) is 0 Å². The van der Waals surface area contributed by atoms with Crippen LogP contribution in [0.25, 0.3) is 0 Å². The standard InChI is InChI=1S/C19H21NO4S/c1-13-8-9-14(2)18(10-13)25(22,23)20-12-16-7-5-4-6-15(16)11-17(20)19(21)24-3/h4-10,17H,11-12H2,1-3H3/t17-/m0/s1. The van der Waals surface area contributed by atoms with E-state index in [4.69, 9.17) is 4.74 Å². The van der Waals surface area contributed by atoms with Crippen LogP contribution in [0, 0.1) is 13.8 Å². The molecule has 3 rings (SSSR count). The molecule has 0 spiro atoms. The lowest BCUT2D eigenvalue weighted by molar-refractivity contribution is -0.145. The molecule has 1 aliphatic rings. The highest BCUT2D eigenvalue weighted by atomic mass is 32.2. The van der Waals surface area contributed by atoms with Crippen molar-refractivity contribution in [3.8, 4) is 0 Å². The Morgan fingerprint density at radius 1 is 1.12 bits per heavy atom. The van der Waals surface area contributed by atoms with E-state index in [2.05, 4.69) is 0 Å². The fourth-order valence-corrected chi connectivity index (χ4v) is 5.07. The largest absolute Gasteiger partial charge is 0.468 e. The number of methoxy groups -OCH3 is 1. The van der Waals surface area contributed by atoms with E-state index in [0.29, 0.717) is 12.0 Å². The molecule has 0 bridgehead atoms. The van der Waals surface area contributed by atoms with Gasteiger partial charge < -0.3 is 4.74 Å². The minimum absolute atomic E-state index is 0.158. The van der Waals surface area contributed by atoms with Crippen LogP contribution in [-0.4, -0.2) is 31.8 Å². The maximum Gasteiger partial charge on any atom is 0.324 e. The molecule has 132 valence electrons. The van der Waals surface area contributed by atoms with Gasteiger partial charge in [0, 0.05) is 13.0 Å². The van der Waals surface area contributed by atoms with Crippen molar-refractivity contribution in [2.24, 2.45) is 0 Å². The molecule has 1 aliphatic heterocycles. The van der Waals surface area contributed by atoms with Crippen LogP contribution in [0.5, 0.6) is 0 Å². The van der Waals surface area contributed by atoms with Crippen LogP contribution in [0.3, 0.4) is 0 Å². The molecular weight excluding hydrogens is 338 g/mol. The van der Waals surface area contributed by atoms with E-state index < -0.39 is 22.0 Å². The Balaban J connectivity index is 2.11. The number of ether oxygens (including phenoxy) is 1. The molecule has 2 aromatic rings. The molecular formula is C19H21NO4S. The van der Waals surface area contributed by atoms with E-state index in [1.807, 2.05) is 37.3 Å². The molecule has 25 heavy (non-hydrogen) atoms. The van der Waals surface area contributed by atoms with Crippen LogP contribution < -0.4 is 0 Å². The number of carbonyl (C=O) groups excluding carboxylic acids is 1. The maximum absolute atomic E-state index is 13.3. The first-order chi connectivity index (χ1) is 11.8. The quantitative estimate of drug-likeness (QED) is 0.790. The first kappa shape index (κ1) is 17.6. The second-order valence-corrected chi connectivity index (χ2v) is 8.19. The van der Waals surface area contributed by atoms with Gasteiger partial charge in [-0.2, -0.15) is 4.31 Å². The normalized spacial score (nSPS) is 17.8. The van der Waals surface area contributed by atoms with E-state index in [1.165, 1.54) is 11.4 Å².